The van der Waals surface area contributed by atoms with E-state index in [2.05, 4.69) is 31.1 Å². The van der Waals surface area contributed by atoms with Crippen molar-refractivity contribution in [2.24, 2.45) is 0 Å². The Balaban J connectivity index is 1.60. The van der Waals surface area contributed by atoms with Crippen LogP contribution in [0.3, 0.4) is 0 Å². The second-order valence-corrected chi connectivity index (χ2v) is 6.88. The van der Waals surface area contributed by atoms with E-state index in [4.69, 9.17) is 4.42 Å². The number of nitrogens with zero attached hydrogens (tertiary/aromatic N) is 4. The third-order valence-corrected chi connectivity index (χ3v) is 4.75. The number of carbonyl (C=O) groups is 1. The van der Waals surface area contributed by atoms with E-state index in [0.29, 0.717) is 5.13 Å². The van der Waals surface area contributed by atoms with Gasteiger partial charge in [-0.25, -0.2) is 15.0 Å². The van der Waals surface area contributed by atoms with E-state index in [1.54, 1.807) is 6.07 Å². The number of nitro groups is 1. The topological polar surface area (TPSA) is 148 Å². The van der Waals surface area contributed by atoms with Crippen LogP contribution in [0.25, 0.3) is 10.2 Å². The van der Waals surface area contributed by atoms with Crippen LogP contribution in [0.15, 0.2) is 47.3 Å². The Bertz CT molecular complexity index is 1210. The molecule has 3 N–H and O–H groups in total. The number of amides is 1. The van der Waals surface area contributed by atoms with Crippen LogP contribution in [0.1, 0.15) is 16.1 Å². The number of furan rings is 1. The Kier molecular flexibility index (Phi) is 4.75. The maximum absolute atomic E-state index is 12.0. The molecule has 0 unspecified atom stereocenters. The molecule has 146 valence electrons. The molecule has 11 nitrogen and oxygen atoms in total. The monoisotopic (exact) mass is 411 g/mol. The number of hydrazine groups is 1. The number of nitrogens with one attached hydrogen (secondary N) is 3. The van der Waals surface area contributed by atoms with Crippen LogP contribution in [0.2, 0.25) is 0 Å². The van der Waals surface area contributed by atoms with Gasteiger partial charge in [-0.05, 0) is 36.8 Å². The van der Waals surface area contributed by atoms with Gasteiger partial charge < -0.3 is 9.73 Å². The van der Waals surface area contributed by atoms with E-state index < -0.39 is 16.5 Å². The molecule has 0 saturated carbocycles. The fraction of sp³-hybridized carbons (Fsp3) is 0.0588. The number of fused-ring (bicyclic) bond motifs is 1. The van der Waals surface area contributed by atoms with Crippen molar-refractivity contribution in [1.82, 2.24) is 20.4 Å². The Morgan fingerprint density at radius 1 is 1.24 bits per heavy atom. The fourth-order valence-corrected chi connectivity index (χ4v) is 3.47. The summed E-state index contributed by atoms with van der Waals surface area (Å²) in [5.41, 5.74) is 6.14. The summed E-state index contributed by atoms with van der Waals surface area (Å²) in [5.74, 6) is -0.823. The van der Waals surface area contributed by atoms with Crippen molar-refractivity contribution < 1.29 is 14.1 Å². The fourth-order valence-electron chi connectivity index (χ4n) is 2.51. The maximum atomic E-state index is 12.0. The molecule has 0 fully saturated rings. The lowest BCUT2D eigenvalue weighted by atomic mass is 10.2. The summed E-state index contributed by atoms with van der Waals surface area (Å²) < 4.78 is 5.90. The lowest BCUT2D eigenvalue weighted by Gasteiger charge is -2.09. The first-order valence-electron chi connectivity index (χ1n) is 8.25. The number of hydrogen-bond acceptors (Lipinski definition) is 10. The van der Waals surface area contributed by atoms with E-state index in [0.717, 1.165) is 22.1 Å². The highest BCUT2D eigenvalue weighted by Gasteiger charge is 2.24. The average molecular weight is 411 g/mol. The van der Waals surface area contributed by atoms with Gasteiger partial charge in [-0.2, -0.15) is 0 Å². The Labute approximate surface area is 166 Å². The summed E-state index contributed by atoms with van der Waals surface area (Å²) in [6.07, 6.45) is 2.47. The largest absolute Gasteiger partial charge is 0.459 e. The number of aryl methyl sites for hydroxylation is 1. The van der Waals surface area contributed by atoms with Crippen molar-refractivity contribution in [2.75, 3.05) is 10.7 Å². The molecule has 3 aromatic heterocycles. The number of thiazole rings is 1. The molecule has 4 rings (SSSR count). The minimum absolute atomic E-state index is 0.0392. The van der Waals surface area contributed by atoms with Crippen molar-refractivity contribution in [3.63, 3.8) is 0 Å². The highest BCUT2D eigenvalue weighted by molar-refractivity contribution is 7.22. The molecular formula is C17H13N7O4S. The summed E-state index contributed by atoms with van der Waals surface area (Å²) in [6.45, 7) is 1.97. The average Bonchev–Trinajstić information content (AvgIpc) is 3.35. The van der Waals surface area contributed by atoms with Crippen LogP contribution in [0.4, 0.5) is 22.5 Å². The Morgan fingerprint density at radius 3 is 2.83 bits per heavy atom. The van der Waals surface area contributed by atoms with Crippen molar-refractivity contribution in [2.45, 2.75) is 6.92 Å². The highest BCUT2D eigenvalue weighted by atomic mass is 32.1. The third kappa shape index (κ3) is 3.82. The molecule has 0 atom stereocenters. The quantitative estimate of drug-likeness (QED) is 0.320. The van der Waals surface area contributed by atoms with Gasteiger partial charge in [0, 0.05) is 0 Å². The number of aromatic nitrogens is 3. The second kappa shape index (κ2) is 7.52. The minimum Gasteiger partial charge on any atom is -0.459 e. The van der Waals surface area contributed by atoms with Gasteiger partial charge in [0.15, 0.2) is 10.9 Å². The summed E-state index contributed by atoms with van der Waals surface area (Å²) in [5, 5.41) is 14.9. The molecule has 0 aliphatic carbocycles. The van der Waals surface area contributed by atoms with E-state index in [1.165, 1.54) is 23.7 Å². The molecule has 1 aromatic carbocycles. The summed E-state index contributed by atoms with van der Waals surface area (Å²) in [7, 11) is 0. The van der Waals surface area contributed by atoms with E-state index in [1.807, 2.05) is 25.1 Å². The van der Waals surface area contributed by atoms with Crippen molar-refractivity contribution in [3.05, 3.63) is 64.4 Å². The van der Waals surface area contributed by atoms with Crippen LogP contribution in [-0.4, -0.2) is 25.8 Å². The first-order valence-corrected chi connectivity index (χ1v) is 9.06. The number of hydrogen-bond donors (Lipinski definition) is 3. The van der Waals surface area contributed by atoms with E-state index in [9.17, 15) is 14.9 Å². The number of rotatable bonds is 6. The summed E-state index contributed by atoms with van der Waals surface area (Å²) in [4.78, 5) is 35.1. The number of anilines is 3. The van der Waals surface area contributed by atoms with Crippen LogP contribution in [-0.2, 0) is 0 Å². The molecule has 1 amide bonds. The summed E-state index contributed by atoms with van der Waals surface area (Å²) in [6, 6.07) is 8.78. The Hall–Kier alpha value is -4.06. The van der Waals surface area contributed by atoms with E-state index in [-0.39, 0.29) is 17.4 Å². The lowest BCUT2D eigenvalue weighted by molar-refractivity contribution is -0.383. The van der Waals surface area contributed by atoms with Crippen molar-refractivity contribution in [1.29, 1.82) is 0 Å². The predicted octanol–water partition coefficient (Wildman–Crippen LogP) is 3.40. The molecule has 12 heteroatoms. The van der Waals surface area contributed by atoms with Crippen LogP contribution >= 0.6 is 11.3 Å². The molecule has 0 saturated heterocycles. The van der Waals surface area contributed by atoms with Crippen LogP contribution < -0.4 is 16.2 Å². The minimum atomic E-state index is -0.652. The van der Waals surface area contributed by atoms with Gasteiger partial charge in [0.25, 0.3) is 0 Å². The SMILES string of the molecule is Cc1ccc2nc(Nc3ncnc(NNC(=O)c4ccco4)c3[N+](=O)[O-])sc2c1. The standard InChI is InChI=1S/C17H13N7O4S/c1-9-4-5-10-12(7-9)29-17(20-10)21-14-13(24(26)27)15(19-8-18-14)22-23-16(25)11-3-2-6-28-11/h2-8H,1H3,(H,23,25)(H2,18,19,20,21,22). The molecule has 0 radical (unpaired) electrons. The summed E-state index contributed by atoms with van der Waals surface area (Å²) >= 11 is 1.34. The molecule has 29 heavy (non-hydrogen) atoms. The van der Waals surface area contributed by atoms with Gasteiger partial charge >= 0.3 is 11.6 Å². The maximum Gasteiger partial charge on any atom is 0.355 e. The highest BCUT2D eigenvalue weighted by Crippen LogP contribution is 2.34. The van der Waals surface area contributed by atoms with Crippen LogP contribution in [0.5, 0.6) is 0 Å². The smallest absolute Gasteiger partial charge is 0.355 e. The normalized spacial score (nSPS) is 10.7. The first kappa shape index (κ1) is 18.3. The second-order valence-electron chi connectivity index (χ2n) is 5.85. The molecule has 0 spiro atoms. The molecule has 4 aromatic rings. The molecular weight excluding hydrogens is 398 g/mol. The lowest BCUT2D eigenvalue weighted by Crippen LogP contribution is -2.30. The van der Waals surface area contributed by atoms with E-state index >= 15 is 0 Å². The molecule has 0 aliphatic rings. The third-order valence-electron chi connectivity index (χ3n) is 3.81. The predicted molar refractivity (Wildman–Crippen MR) is 106 cm³/mol. The zero-order chi connectivity index (χ0) is 20.4. The van der Waals surface area contributed by atoms with Crippen LogP contribution in [0, 0.1) is 17.0 Å². The van der Waals surface area contributed by atoms with Gasteiger partial charge in [-0.3, -0.25) is 25.8 Å². The van der Waals surface area contributed by atoms with Gasteiger partial charge in [0.05, 0.1) is 21.4 Å². The number of benzene rings is 1. The zero-order valence-corrected chi connectivity index (χ0v) is 15.7. The van der Waals surface area contributed by atoms with Gasteiger partial charge in [-0.1, -0.05) is 17.4 Å². The Morgan fingerprint density at radius 2 is 2.07 bits per heavy atom. The van der Waals surface area contributed by atoms with Crippen molar-refractivity contribution in [3.8, 4) is 0 Å². The zero-order valence-electron chi connectivity index (χ0n) is 14.9. The van der Waals surface area contributed by atoms with Crippen molar-refractivity contribution >= 4 is 49.9 Å². The van der Waals surface area contributed by atoms with Gasteiger partial charge in [0.1, 0.15) is 6.33 Å². The number of carbonyl (C=O) groups excluding carboxylic acids is 1. The molecule has 0 aliphatic heterocycles. The first-order chi connectivity index (χ1) is 14.0. The van der Waals surface area contributed by atoms with Gasteiger partial charge in [0.2, 0.25) is 11.6 Å². The molecule has 0 bridgehead atoms. The molecule has 3 heterocycles. The van der Waals surface area contributed by atoms with Gasteiger partial charge in [-0.15, -0.1) is 0 Å².